The van der Waals surface area contributed by atoms with E-state index in [1.54, 1.807) is 7.11 Å². The minimum absolute atomic E-state index is 0.00517. The van der Waals surface area contributed by atoms with E-state index in [9.17, 15) is 9.90 Å². The number of hydrogen-bond donors (Lipinski definition) is 2. The molecule has 32 heavy (non-hydrogen) atoms. The number of ether oxygens (including phenoxy) is 3. The number of aliphatic hydroxyl groups excluding tert-OH is 1. The molecule has 1 amide bonds. The van der Waals surface area contributed by atoms with Gasteiger partial charge in [0, 0.05) is 26.1 Å². The first-order valence-electron chi connectivity index (χ1n) is 12.2. The molecule has 0 aliphatic carbocycles. The number of methoxy groups -OCH3 is 1. The molecular weight excluding hydrogens is 408 g/mol. The Kier molecular flexibility index (Phi) is 10.1. The zero-order valence-corrected chi connectivity index (χ0v) is 19.7. The quantitative estimate of drug-likeness (QED) is 0.450. The summed E-state index contributed by atoms with van der Waals surface area (Å²) in [5.41, 5.74) is 0.727. The normalized spacial score (nSPS) is 20.2. The van der Waals surface area contributed by atoms with Gasteiger partial charge >= 0.3 is 0 Å². The summed E-state index contributed by atoms with van der Waals surface area (Å²) >= 11 is 0. The minimum atomic E-state index is -0.835. The second-order valence-corrected chi connectivity index (χ2v) is 8.93. The minimum Gasteiger partial charge on any atom is -0.486 e. The number of unbranched alkanes of at least 4 members (excludes halogenated alkanes) is 4. The number of benzene rings is 1. The summed E-state index contributed by atoms with van der Waals surface area (Å²) in [4.78, 5) is 15.1. The van der Waals surface area contributed by atoms with Crippen molar-refractivity contribution in [2.24, 2.45) is 0 Å². The molecule has 3 rings (SSSR count). The van der Waals surface area contributed by atoms with Crippen LogP contribution < -0.4 is 14.8 Å². The zero-order valence-electron chi connectivity index (χ0n) is 19.7. The number of aliphatic hydroxyl groups is 1. The highest BCUT2D eigenvalue weighted by molar-refractivity contribution is 5.76. The third-order valence-electron chi connectivity index (χ3n) is 6.43. The Bertz CT molecular complexity index is 714. The van der Waals surface area contributed by atoms with Crippen molar-refractivity contribution in [3.05, 3.63) is 23.8 Å². The number of fused-ring (bicyclic) bond motifs is 1. The molecule has 2 aliphatic heterocycles. The maximum Gasteiger partial charge on any atom is 0.220 e. The van der Waals surface area contributed by atoms with E-state index in [1.807, 2.05) is 18.2 Å². The van der Waals surface area contributed by atoms with Crippen molar-refractivity contribution >= 4 is 5.91 Å². The fourth-order valence-corrected chi connectivity index (χ4v) is 4.64. The van der Waals surface area contributed by atoms with Gasteiger partial charge in [-0.15, -0.1) is 0 Å². The average molecular weight is 449 g/mol. The Labute approximate surface area is 192 Å². The van der Waals surface area contributed by atoms with E-state index in [0.29, 0.717) is 50.3 Å². The van der Waals surface area contributed by atoms with Crippen molar-refractivity contribution in [2.45, 2.75) is 76.5 Å². The molecule has 1 saturated heterocycles. The lowest BCUT2D eigenvalue weighted by molar-refractivity contribution is -0.123. The summed E-state index contributed by atoms with van der Waals surface area (Å²) < 4.78 is 16.7. The molecule has 1 unspecified atom stereocenters. The molecule has 1 fully saturated rings. The van der Waals surface area contributed by atoms with Crippen molar-refractivity contribution in [3.63, 3.8) is 0 Å². The van der Waals surface area contributed by atoms with Gasteiger partial charge in [-0.2, -0.15) is 0 Å². The van der Waals surface area contributed by atoms with Crippen molar-refractivity contribution in [3.8, 4) is 11.5 Å². The van der Waals surface area contributed by atoms with Gasteiger partial charge in [0.15, 0.2) is 11.5 Å². The van der Waals surface area contributed by atoms with Crippen molar-refractivity contribution in [2.75, 3.05) is 40.0 Å². The molecule has 1 aromatic rings. The van der Waals surface area contributed by atoms with Gasteiger partial charge in [0.25, 0.3) is 0 Å². The molecule has 2 heterocycles. The van der Waals surface area contributed by atoms with Crippen LogP contribution in [0.25, 0.3) is 0 Å². The van der Waals surface area contributed by atoms with E-state index in [-0.39, 0.29) is 5.91 Å². The summed E-state index contributed by atoms with van der Waals surface area (Å²) in [6.07, 6.45) is 7.36. The van der Waals surface area contributed by atoms with Gasteiger partial charge in [-0.1, -0.05) is 38.7 Å². The number of amides is 1. The standard InChI is InChI=1S/C25H40N2O5/c1-3-4-5-6-7-10-24(28)26-21(17-27-13-8-9-20(27)18-30-2)25(29)19-11-12-22-23(16-19)32-15-14-31-22/h11-12,16,20-21,25,29H,3-10,13-15,17-18H2,1-2H3,(H,26,28)/t20?,21-,25+/m1/s1. The Morgan fingerprint density at radius 3 is 2.78 bits per heavy atom. The highest BCUT2D eigenvalue weighted by Crippen LogP contribution is 2.34. The Morgan fingerprint density at radius 1 is 1.22 bits per heavy atom. The molecule has 2 aliphatic rings. The lowest BCUT2D eigenvalue weighted by Crippen LogP contribution is -2.49. The molecule has 180 valence electrons. The zero-order chi connectivity index (χ0) is 22.8. The second kappa shape index (κ2) is 13.0. The summed E-state index contributed by atoms with van der Waals surface area (Å²) in [7, 11) is 1.72. The highest BCUT2D eigenvalue weighted by atomic mass is 16.6. The van der Waals surface area contributed by atoms with E-state index < -0.39 is 12.1 Å². The molecule has 2 N–H and O–H groups in total. The molecule has 0 aromatic heterocycles. The third-order valence-corrected chi connectivity index (χ3v) is 6.43. The molecule has 7 heteroatoms. The molecule has 0 spiro atoms. The van der Waals surface area contributed by atoms with Crippen LogP contribution in [0, 0.1) is 0 Å². The van der Waals surface area contributed by atoms with E-state index >= 15 is 0 Å². The van der Waals surface area contributed by atoms with Crippen LogP contribution >= 0.6 is 0 Å². The first kappa shape index (κ1) is 24.8. The first-order valence-corrected chi connectivity index (χ1v) is 12.2. The number of carbonyl (C=O) groups is 1. The highest BCUT2D eigenvalue weighted by Gasteiger charge is 2.31. The average Bonchev–Trinajstić information content (AvgIpc) is 3.24. The molecule has 0 radical (unpaired) electrons. The van der Waals surface area contributed by atoms with E-state index in [0.717, 1.165) is 37.8 Å². The molecule has 0 saturated carbocycles. The summed E-state index contributed by atoms with van der Waals surface area (Å²) in [5.74, 6) is 1.34. The van der Waals surface area contributed by atoms with Crippen LogP contribution in [0.1, 0.15) is 70.0 Å². The van der Waals surface area contributed by atoms with Crippen LogP contribution in [0.3, 0.4) is 0 Å². The Balaban J connectivity index is 1.67. The van der Waals surface area contributed by atoms with Gasteiger partial charge < -0.3 is 24.6 Å². The number of likely N-dealkylation sites (tertiary alicyclic amines) is 1. The monoisotopic (exact) mass is 448 g/mol. The molecular formula is C25H40N2O5. The van der Waals surface area contributed by atoms with Crippen LogP contribution in [-0.2, 0) is 9.53 Å². The number of nitrogens with zero attached hydrogens (tertiary/aromatic N) is 1. The van der Waals surface area contributed by atoms with Crippen LogP contribution in [0.5, 0.6) is 11.5 Å². The smallest absolute Gasteiger partial charge is 0.220 e. The van der Waals surface area contributed by atoms with Crippen LogP contribution in [0.15, 0.2) is 18.2 Å². The summed E-state index contributed by atoms with van der Waals surface area (Å²) in [6, 6.07) is 5.45. The van der Waals surface area contributed by atoms with Crippen molar-refractivity contribution < 1.29 is 24.1 Å². The number of carbonyl (C=O) groups excluding carboxylic acids is 1. The van der Waals surface area contributed by atoms with Gasteiger partial charge in [-0.05, 0) is 43.5 Å². The predicted octanol–water partition coefficient (Wildman–Crippen LogP) is 3.45. The lowest BCUT2D eigenvalue weighted by Gasteiger charge is -2.32. The predicted molar refractivity (Wildman–Crippen MR) is 124 cm³/mol. The maximum atomic E-state index is 12.7. The lowest BCUT2D eigenvalue weighted by atomic mass is 10.00. The fraction of sp³-hybridized carbons (Fsp3) is 0.720. The molecule has 0 bridgehead atoms. The number of nitrogens with one attached hydrogen (secondary N) is 1. The summed E-state index contributed by atoms with van der Waals surface area (Å²) in [6.45, 7) is 5.42. The van der Waals surface area contributed by atoms with E-state index in [4.69, 9.17) is 14.2 Å². The van der Waals surface area contributed by atoms with Crippen molar-refractivity contribution in [1.29, 1.82) is 0 Å². The van der Waals surface area contributed by atoms with Gasteiger partial charge in [0.05, 0.1) is 12.6 Å². The van der Waals surface area contributed by atoms with Gasteiger partial charge in [0.1, 0.15) is 19.3 Å². The third kappa shape index (κ3) is 7.09. The molecule has 3 atom stereocenters. The number of rotatable bonds is 13. The van der Waals surface area contributed by atoms with Gasteiger partial charge in [0.2, 0.25) is 5.91 Å². The maximum absolute atomic E-state index is 12.7. The largest absolute Gasteiger partial charge is 0.486 e. The van der Waals surface area contributed by atoms with Crippen LogP contribution in [-0.4, -0.2) is 68.0 Å². The van der Waals surface area contributed by atoms with E-state index in [1.165, 1.54) is 19.3 Å². The van der Waals surface area contributed by atoms with Crippen LogP contribution in [0.4, 0.5) is 0 Å². The Hall–Kier alpha value is -1.83. The SMILES string of the molecule is CCCCCCCC(=O)N[C@H](CN1CCCC1COC)[C@@H](O)c1ccc2c(c1)OCCO2. The fourth-order valence-electron chi connectivity index (χ4n) is 4.64. The van der Waals surface area contributed by atoms with Gasteiger partial charge in [-0.3, -0.25) is 9.69 Å². The first-order chi connectivity index (χ1) is 15.6. The Morgan fingerprint density at radius 2 is 2.00 bits per heavy atom. The van der Waals surface area contributed by atoms with Crippen molar-refractivity contribution in [1.82, 2.24) is 10.2 Å². The molecule has 1 aromatic carbocycles. The summed E-state index contributed by atoms with van der Waals surface area (Å²) in [5, 5.41) is 14.4. The van der Waals surface area contributed by atoms with Crippen LogP contribution in [0.2, 0.25) is 0 Å². The molecule has 7 nitrogen and oxygen atoms in total. The van der Waals surface area contributed by atoms with E-state index in [2.05, 4.69) is 17.1 Å². The topological polar surface area (TPSA) is 80.3 Å². The number of hydrogen-bond acceptors (Lipinski definition) is 6. The second-order valence-electron chi connectivity index (χ2n) is 8.93. The van der Waals surface area contributed by atoms with Gasteiger partial charge in [-0.25, -0.2) is 0 Å².